The minimum atomic E-state index is -0.119. The molecule has 7 heteroatoms. The van der Waals surface area contributed by atoms with E-state index in [0.29, 0.717) is 43.7 Å². The fraction of sp³-hybridized carbons (Fsp3) is 0.350. The van der Waals surface area contributed by atoms with Crippen LogP contribution in [-0.4, -0.2) is 35.7 Å². The lowest BCUT2D eigenvalue weighted by Crippen LogP contribution is -2.41. The maximum absolute atomic E-state index is 12.6. The van der Waals surface area contributed by atoms with E-state index >= 15 is 0 Å². The van der Waals surface area contributed by atoms with Crippen LogP contribution in [0.5, 0.6) is 0 Å². The van der Waals surface area contributed by atoms with E-state index in [2.05, 4.69) is 10.6 Å². The van der Waals surface area contributed by atoms with Crippen LogP contribution in [0, 0.1) is 5.92 Å². The number of benzene rings is 1. The van der Waals surface area contributed by atoms with Gasteiger partial charge in [-0.25, -0.2) is 0 Å². The number of nitrogens with one attached hydrogen (secondary N) is 2. The molecule has 3 rings (SSSR count). The summed E-state index contributed by atoms with van der Waals surface area (Å²) >= 11 is 1.44. The summed E-state index contributed by atoms with van der Waals surface area (Å²) in [5, 5.41) is 7.60. The predicted molar refractivity (Wildman–Crippen MR) is 107 cm³/mol. The highest BCUT2D eigenvalue weighted by atomic mass is 32.1. The quantitative estimate of drug-likeness (QED) is 0.826. The molecular formula is C20H23N3O3S. The molecular weight excluding hydrogens is 362 g/mol. The van der Waals surface area contributed by atoms with E-state index < -0.39 is 0 Å². The van der Waals surface area contributed by atoms with Crippen LogP contribution < -0.4 is 10.6 Å². The maximum Gasteiger partial charge on any atom is 0.263 e. The molecule has 0 spiro atoms. The largest absolute Gasteiger partial charge is 0.338 e. The van der Waals surface area contributed by atoms with E-state index in [1.54, 1.807) is 31.2 Å². The fourth-order valence-electron chi connectivity index (χ4n) is 3.07. The number of likely N-dealkylation sites (tertiary alicyclic amines) is 1. The highest BCUT2D eigenvalue weighted by molar-refractivity contribution is 7.12. The van der Waals surface area contributed by atoms with Crippen LogP contribution in [0.15, 0.2) is 41.8 Å². The molecule has 0 saturated carbocycles. The topological polar surface area (TPSA) is 78.5 Å². The first-order valence-corrected chi connectivity index (χ1v) is 9.98. The van der Waals surface area contributed by atoms with E-state index in [9.17, 15) is 14.4 Å². The van der Waals surface area contributed by atoms with Gasteiger partial charge in [-0.3, -0.25) is 14.4 Å². The van der Waals surface area contributed by atoms with Gasteiger partial charge in [-0.15, -0.1) is 11.3 Å². The molecule has 0 aliphatic carbocycles. The zero-order valence-corrected chi connectivity index (χ0v) is 16.1. The SMILES string of the molecule is CCC(=O)Nc1cccc(NC(=O)C2CCN(C(=O)c3cccs3)CC2)c1. The molecule has 0 bridgehead atoms. The van der Waals surface area contributed by atoms with Crippen LogP contribution in [-0.2, 0) is 9.59 Å². The van der Waals surface area contributed by atoms with Crippen molar-refractivity contribution in [3.05, 3.63) is 46.7 Å². The molecule has 1 fully saturated rings. The first kappa shape index (κ1) is 19.1. The van der Waals surface area contributed by atoms with Gasteiger partial charge in [-0.05, 0) is 42.5 Å². The molecule has 1 saturated heterocycles. The molecule has 1 aromatic carbocycles. The van der Waals surface area contributed by atoms with Crippen LogP contribution in [0.25, 0.3) is 0 Å². The maximum atomic E-state index is 12.6. The summed E-state index contributed by atoms with van der Waals surface area (Å²) in [5.41, 5.74) is 1.32. The van der Waals surface area contributed by atoms with E-state index in [1.807, 2.05) is 22.4 Å². The molecule has 27 heavy (non-hydrogen) atoms. The van der Waals surface area contributed by atoms with Crippen LogP contribution in [0.4, 0.5) is 11.4 Å². The number of amides is 3. The number of rotatable bonds is 5. The molecule has 0 radical (unpaired) electrons. The van der Waals surface area contributed by atoms with Gasteiger partial charge in [0.05, 0.1) is 4.88 Å². The predicted octanol–water partition coefficient (Wildman–Crippen LogP) is 3.59. The van der Waals surface area contributed by atoms with E-state index in [-0.39, 0.29) is 23.6 Å². The number of anilines is 2. The van der Waals surface area contributed by atoms with E-state index in [1.165, 1.54) is 11.3 Å². The fourth-order valence-corrected chi connectivity index (χ4v) is 3.76. The van der Waals surface area contributed by atoms with E-state index in [4.69, 9.17) is 0 Å². The summed E-state index contributed by atoms with van der Waals surface area (Å²) in [4.78, 5) is 39.0. The second-order valence-corrected chi connectivity index (χ2v) is 7.46. The minimum absolute atomic E-state index is 0.0443. The molecule has 1 aliphatic rings. The number of hydrogen-bond acceptors (Lipinski definition) is 4. The molecule has 1 aromatic heterocycles. The zero-order chi connectivity index (χ0) is 19.2. The Morgan fingerprint density at radius 1 is 1.07 bits per heavy atom. The summed E-state index contributed by atoms with van der Waals surface area (Å²) in [6, 6.07) is 10.8. The van der Waals surface area contributed by atoms with Crippen LogP contribution >= 0.6 is 11.3 Å². The van der Waals surface area contributed by atoms with Gasteiger partial charge < -0.3 is 15.5 Å². The van der Waals surface area contributed by atoms with Crippen molar-refractivity contribution in [2.24, 2.45) is 5.92 Å². The van der Waals surface area contributed by atoms with Crippen LogP contribution in [0.2, 0.25) is 0 Å². The molecule has 2 heterocycles. The molecule has 0 atom stereocenters. The average molecular weight is 385 g/mol. The van der Waals surface area contributed by atoms with Crippen molar-refractivity contribution >= 4 is 40.4 Å². The van der Waals surface area contributed by atoms with Gasteiger partial charge in [0, 0.05) is 36.8 Å². The summed E-state index contributed by atoms with van der Waals surface area (Å²) in [7, 11) is 0. The van der Waals surface area contributed by atoms with Crippen molar-refractivity contribution in [3.8, 4) is 0 Å². The third kappa shape index (κ3) is 4.95. The van der Waals surface area contributed by atoms with Gasteiger partial charge in [0.2, 0.25) is 11.8 Å². The number of carbonyl (C=O) groups excluding carboxylic acids is 3. The van der Waals surface area contributed by atoms with Crippen molar-refractivity contribution in [3.63, 3.8) is 0 Å². The Hall–Kier alpha value is -2.67. The summed E-state index contributed by atoms with van der Waals surface area (Å²) in [6.07, 6.45) is 1.70. The first-order valence-electron chi connectivity index (χ1n) is 9.10. The first-order chi connectivity index (χ1) is 13.1. The number of hydrogen-bond donors (Lipinski definition) is 2. The second-order valence-electron chi connectivity index (χ2n) is 6.52. The van der Waals surface area contributed by atoms with E-state index in [0.717, 1.165) is 4.88 Å². The van der Waals surface area contributed by atoms with Gasteiger partial charge in [0.15, 0.2) is 0 Å². The zero-order valence-electron chi connectivity index (χ0n) is 15.2. The molecule has 3 amide bonds. The Kier molecular flexibility index (Phi) is 6.24. The summed E-state index contributed by atoms with van der Waals surface area (Å²) in [5.74, 6) is -0.187. The third-order valence-corrected chi connectivity index (χ3v) is 5.48. The van der Waals surface area contributed by atoms with Crippen molar-refractivity contribution in [2.75, 3.05) is 23.7 Å². The summed E-state index contributed by atoms with van der Waals surface area (Å²) in [6.45, 7) is 2.96. The number of thiophene rings is 1. The highest BCUT2D eigenvalue weighted by Gasteiger charge is 2.28. The normalized spacial score (nSPS) is 14.6. The second kappa shape index (κ2) is 8.81. The van der Waals surface area contributed by atoms with Gasteiger partial charge >= 0.3 is 0 Å². The lowest BCUT2D eigenvalue weighted by molar-refractivity contribution is -0.121. The van der Waals surface area contributed by atoms with Crippen molar-refractivity contribution in [1.82, 2.24) is 4.90 Å². The van der Waals surface area contributed by atoms with Crippen LogP contribution in [0.3, 0.4) is 0 Å². The Balaban J connectivity index is 1.53. The van der Waals surface area contributed by atoms with Gasteiger partial charge in [0.1, 0.15) is 0 Å². The van der Waals surface area contributed by atoms with Crippen molar-refractivity contribution in [2.45, 2.75) is 26.2 Å². The lowest BCUT2D eigenvalue weighted by atomic mass is 9.95. The Bertz CT molecular complexity index is 812. The minimum Gasteiger partial charge on any atom is -0.338 e. The lowest BCUT2D eigenvalue weighted by Gasteiger charge is -2.31. The number of piperidine rings is 1. The number of nitrogens with zero attached hydrogens (tertiary/aromatic N) is 1. The molecule has 2 N–H and O–H groups in total. The standard InChI is InChI=1S/C20H23N3O3S/c1-2-18(24)21-15-5-3-6-16(13-15)22-19(25)14-8-10-23(11-9-14)20(26)17-7-4-12-27-17/h3-7,12-14H,2,8-11H2,1H3,(H,21,24)(H,22,25). The highest BCUT2D eigenvalue weighted by Crippen LogP contribution is 2.23. The molecule has 1 aliphatic heterocycles. The number of carbonyl (C=O) groups is 3. The van der Waals surface area contributed by atoms with Crippen molar-refractivity contribution < 1.29 is 14.4 Å². The third-order valence-electron chi connectivity index (χ3n) is 4.62. The Morgan fingerprint density at radius 3 is 2.41 bits per heavy atom. The van der Waals surface area contributed by atoms with Gasteiger partial charge in [-0.2, -0.15) is 0 Å². The Morgan fingerprint density at radius 2 is 1.78 bits per heavy atom. The monoisotopic (exact) mass is 385 g/mol. The molecule has 0 unspecified atom stereocenters. The van der Waals surface area contributed by atoms with Gasteiger partial charge in [0.25, 0.3) is 5.91 Å². The average Bonchev–Trinajstić information content (AvgIpc) is 3.22. The van der Waals surface area contributed by atoms with Gasteiger partial charge in [-0.1, -0.05) is 19.1 Å². The van der Waals surface area contributed by atoms with Crippen molar-refractivity contribution in [1.29, 1.82) is 0 Å². The molecule has 6 nitrogen and oxygen atoms in total. The summed E-state index contributed by atoms with van der Waals surface area (Å²) < 4.78 is 0. The molecule has 2 aromatic rings. The smallest absolute Gasteiger partial charge is 0.263 e. The van der Waals surface area contributed by atoms with Crippen LogP contribution in [0.1, 0.15) is 35.9 Å². The molecule has 142 valence electrons. The Labute approximate surface area is 162 Å².